The molecule has 0 radical (unpaired) electrons. The first-order valence-electron chi connectivity index (χ1n) is 9.49. The number of benzene rings is 2. The molecule has 0 bridgehead atoms. The lowest BCUT2D eigenvalue weighted by Crippen LogP contribution is -2.34. The van der Waals surface area contributed by atoms with Crippen molar-refractivity contribution in [1.29, 1.82) is 0 Å². The highest BCUT2D eigenvalue weighted by molar-refractivity contribution is 6.31. The lowest BCUT2D eigenvalue weighted by molar-refractivity contribution is 0.101. The second-order valence-electron chi connectivity index (χ2n) is 7.44. The molecule has 1 aliphatic rings. The Labute approximate surface area is 165 Å². The van der Waals surface area contributed by atoms with Crippen molar-refractivity contribution >= 4 is 34.1 Å². The van der Waals surface area contributed by atoms with Crippen molar-refractivity contribution in [3.05, 3.63) is 59.1 Å². The summed E-state index contributed by atoms with van der Waals surface area (Å²) in [5, 5.41) is 1.57. The van der Waals surface area contributed by atoms with Crippen molar-refractivity contribution in [2.24, 2.45) is 5.92 Å². The molecule has 0 N–H and O–H groups in total. The number of rotatable bonds is 3. The van der Waals surface area contributed by atoms with Crippen LogP contribution in [-0.4, -0.2) is 23.9 Å². The molecule has 1 fully saturated rings. The molecule has 0 saturated carbocycles. The van der Waals surface area contributed by atoms with Gasteiger partial charge in [0.05, 0.1) is 11.1 Å². The first kappa shape index (κ1) is 18.0. The molecular weight excluding hydrogens is 356 g/mol. The Bertz CT molecular complexity index is 992. The number of hydrogen-bond donors (Lipinski definition) is 0. The van der Waals surface area contributed by atoms with Crippen LogP contribution in [0.4, 0.5) is 5.82 Å². The molecule has 2 heterocycles. The predicted octanol–water partition coefficient (Wildman–Crippen LogP) is 5.99. The van der Waals surface area contributed by atoms with E-state index < -0.39 is 0 Å². The van der Waals surface area contributed by atoms with E-state index in [2.05, 4.69) is 11.8 Å². The summed E-state index contributed by atoms with van der Waals surface area (Å²) in [4.78, 5) is 20.0. The molecule has 1 saturated heterocycles. The number of aromatic nitrogens is 1. The van der Waals surface area contributed by atoms with Gasteiger partial charge in [-0.3, -0.25) is 4.79 Å². The average molecular weight is 379 g/mol. The number of piperidine rings is 1. The molecular formula is C23H23ClN2O. The van der Waals surface area contributed by atoms with E-state index in [0.717, 1.165) is 59.7 Å². The minimum Gasteiger partial charge on any atom is -0.356 e. The van der Waals surface area contributed by atoms with E-state index in [9.17, 15) is 4.79 Å². The zero-order chi connectivity index (χ0) is 19.0. The molecule has 0 aliphatic carbocycles. The van der Waals surface area contributed by atoms with Gasteiger partial charge in [0.25, 0.3) is 0 Å². The van der Waals surface area contributed by atoms with Crippen molar-refractivity contribution in [3.63, 3.8) is 0 Å². The standard InChI is InChI=1S/C23H23ClN2O/c1-15-10-12-26(13-11-15)23-21(16(2)27)22(17-6-4-3-5-7-17)19-14-18(24)8-9-20(19)25-23/h3-9,14-15H,10-13H2,1-2H3. The Hall–Kier alpha value is -2.39. The van der Waals surface area contributed by atoms with Crippen LogP contribution < -0.4 is 4.90 Å². The fraction of sp³-hybridized carbons (Fsp3) is 0.304. The minimum absolute atomic E-state index is 0.0388. The van der Waals surface area contributed by atoms with Crippen LogP contribution in [0.25, 0.3) is 22.0 Å². The molecule has 138 valence electrons. The topological polar surface area (TPSA) is 33.2 Å². The monoisotopic (exact) mass is 378 g/mol. The van der Waals surface area contributed by atoms with E-state index in [0.29, 0.717) is 10.6 Å². The van der Waals surface area contributed by atoms with Gasteiger partial charge < -0.3 is 4.90 Å². The first-order valence-corrected chi connectivity index (χ1v) is 9.87. The van der Waals surface area contributed by atoms with Crippen molar-refractivity contribution < 1.29 is 4.79 Å². The van der Waals surface area contributed by atoms with Gasteiger partial charge in [-0.1, -0.05) is 48.9 Å². The van der Waals surface area contributed by atoms with E-state index in [4.69, 9.17) is 16.6 Å². The van der Waals surface area contributed by atoms with E-state index >= 15 is 0 Å². The molecule has 3 aromatic rings. The Morgan fingerprint density at radius 3 is 2.48 bits per heavy atom. The van der Waals surface area contributed by atoms with Gasteiger partial charge in [-0.2, -0.15) is 0 Å². The lowest BCUT2D eigenvalue weighted by Gasteiger charge is -2.33. The number of Topliss-reactive ketones (excluding diaryl/α,β-unsaturated/α-hetero) is 1. The number of pyridine rings is 1. The van der Waals surface area contributed by atoms with Crippen LogP contribution in [-0.2, 0) is 0 Å². The maximum Gasteiger partial charge on any atom is 0.164 e. The van der Waals surface area contributed by atoms with Gasteiger partial charge in [0, 0.05) is 29.1 Å². The largest absolute Gasteiger partial charge is 0.356 e. The molecule has 0 unspecified atom stereocenters. The second kappa shape index (κ2) is 7.32. The molecule has 1 aliphatic heterocycles. The quantitative estimate of drug-likeness (QED) is 0.524. The Morgan fingerprint density at radius 1 is 1.11 bits per heavy atom. The van der Waals surface area contributed by atoms with Crippen molar-refractivity contribution in [1.82, 2.24) is 4.98 Å². The maximum absolute atomic E-state index is 12.8. The van der Waals surface area contributed by atoms with Crippen LogP contribution in [0.3, 0.4) is 0 Å². The van der Waals surface area contributed by atoms with Crippen LogP contribution in [0.5, 0.6) is 0 Å². The highest BCUT2D eigenvalue weighted by Crippen LogP contribution is 2.38. The van der Waals surface area contributed by atoms with Crippen LogP contribution in [0, 0.1) is 5.92 Å². The summed E-state index contributed by atoms with van der Waals surface area (Å²) in [6.07, 6.45) is 2.25. The molecule has 0 amide bonds. The van der Waals surface area contributed by atoms with Crippen LogP contribution >= 0.6 is 11.6 Å². The number of carbonyl (C=O) groups is 1. The number of carbonyl (C=O) groups excluding carboxylic acids is 1. The zero-order valence-corrected chi connectivity index (χ0v) is 16.5. The zero-order valence-electron chi connectivity index (χ0n) is 15.7. The maximum atomic E-state index is 12.8. The van der Waals surface area contributed by atoms with Crippen LogP contribution in [0.1, 0.15) is 37.0 Å². The summed E-state index contributed by atoms with van der Waals surface area (Å²) >= 11 is 6.29. The third kappa shape index (κ3) is 3.44. The van der Waals surface area contributed by atoms with Gasteiger partial charge in [0.15, 0.2) is 5.78 Å². The Morgan fingerprint density at radius 2 is 1.81 bits per heavy atom. The third-order valence-electron chi connectivity index (χ3n) is 5.43. The molecule has 3 nitrogen and oxygen atoms in total. The van der Waals surface area contributed by atoms with E-state index in [1.54, 1.807) is 6.92 Å². The summed E-state index contributed by atoms with van der Waals surface area (Å²) in [7, 11) is 0. The van der Waals surface area contributed by atoms with Crippen LogP contribution in [0.2, 0.25) is 5.02 Å². The number of anilines is 1. The summed E-state index contributed by atoms with van der Waals surface area (Å²) in [5.74, 6) is 1.56. The number of nitrogens with zero attached hydrogens (tertiary/aromatic N) is 2. The minimum atomic E-state index is 0.0388. The Balaban J connectivity index is 2.03. The molecule has 2 aromatic carbocycles. The van der Waals surface area contributed by atoms with E-state index in [1.807, 2.05) is 48.5 Å². The smallest absolute Gasteiger partial charge is 0.164 e. The number of fused-ring (bicyclic) bond motifs is 1. The fourth-order valence-corrected chi connectivity index (χ4v) is 4.08. The molecule has 0 spiro atoms. The van der Waals surface area contributed by atoms with Crippen molar-refractivity contribution in [2.75, 3.05) is 18.0 Å². The SMILES string of the molecule is CC(=O)c1c(N2CCC(C)CC2)nc2ccc(Cl)cc2c1-c1ccccc1. The predicted molar refractivity (Wildman–Crippen MR) is 113 cm³/mol. The van der Waals surface area contributed by atoms with Crippen molar-refractivity contribution in [3.8, 4) is 11.1 Å². The van der Waals surface area contributed by atoms with E-state index in [1.165, 1.54) is 0 Å². The summed E-state index contributed by atoms with van der Waals surface area (Å²) in [6, 6.07) is 15.8. The highest BCUT2D eigenvalue weighted by atomic mass is 35.5. The molecule has 0 atom stereocenters. The van der Waals surface area contributed by atoms with Gasteiger partial charge in [-0.15, -0.1) is 0 Å². The number of ketones is 1. The number of halogens is 1. The summed E-state index contributed by atoms with van der Waals surface area (Å²) in [5.41, 5.74) is 3.52. The van der Waals surface area contributed by atoms with Crippen molar-refractivity contribution in [2.45, 2.75) is 26.7 Å². The highest BCUT2D eigenvalue weighted by Gasteiger charge is 2.26. The second-order valence-corrected chi connectivity index (χ2v) is 7.88. The van der Waals surface area contributed by atoms with Gasteiger partial charge in [-0.05, 0) is 49.4 Å². The first-order chi connectivity index (χ1) is 13.0. The summed E-state index contributed by atoms with van der Waals surface area (Å²) < 4.78 is 0. The lowest BCUT2D eigenvalue weighted by atomic mass is 9.92. The summed E-state index contributed by atoms with van der Waals surface area (Å²) in [6.45, 7) is 5.79. The number of hydrogen-bond acceptors (Lipinski definition) is 3. The molecule has 27 heavy (non-hydrogen) atoms. The molecule has 4 heteroatoms. The van der Waals surface area contributed by atoms with Gasteiger partial charge >= 0.3 is 0 Å². The van der Waals surface area contributed by atoms with E-state index in [-0.39, 0.29) is 5.78 Å². The van der Waals surface area contributed by atoms with Gasteiger partial charge in [0.1, 0.15) is 5.82 Å². The fourth-order valence-electron chi connectivity index (χ4n) is 3.91. The van der Waals surface area contributed by atoms with Crippen LogP contribution in [0.15, 0.2) is 48.5 Å². The molecule has 1 aromatic heterocycles. The Kier molecular flexibility index (Phi) is 4.88. The molecule has 4 rings (SSSR count). The average Bonchev–Trinajstić information content (AvgIpc) is 2.67. The van der Waals surface area contributed by atoms with Gasteiger partial charge in [-0.25, -0.2) is 4.98 Å². The third-order valence-corrected chi connectivity index (χ3v) is 5.66. The normalized spacial score (nSPS) is 15.3. The van der Waals surface area contributed by atoms with Gasteiger partial charge in [0.2, 0.25) is 0 Å².